The molecule has 0 atom stereocenters. The normalized spacial score (nSPS) is 10.9. The average Bonchev–Trinajstić information content (AvgIpc) is 2.77. The Kier molecular flexibility index (Phi) is 2.91. The van der Waals surface area contributed by atoms with Crippen molar-refractivity contribution in [2.75, 3.05) is 12.8 Å². The number of anilines is 1. The summed E-state index contributed by atoms with van der Waals surface area (Å²) in [6, 6.07) is 8.52. The van der Waals surface area contributed by atoms with Crippen LogP contribution in [0.5, 0.6) is 11.5 Å². The summed E-state index contributed by atoms with van der Waals surface area (Å²) in [7, 11) is 1.49. The molecule has 5 nitrogen and oxygen atoms in total. The van der Waals surface area contributed by atoms with E-state index in [4.69, 9.17) is 22.1 Å². The zero-order valence-corrected chi connectivity index (χ0v) is 11.4. The number of nitrogens with zero attached hydrogens (tertiary/aromatic N) is 2. The van der Waals surface area contributed by atoms with Gasteiger partial charge in [0.05, 0.1) is 12.1 Å². The first kappa shape index (κ1) is 12.6. The van der Waals surface area contributed by atoms with Gasteiger partial charge in [0.2, 0.25) is 0 Å². The molecule has 0 saturated carbocycles. The number of hydrogen-bond acceptors (Lipinski definition) is 4. The van der Waals surface area contributed by atoms with Gasteiger partial charge < -0.3 is 15.6 Å². The van der Waals surface area contributed by atoms with Crippen LogP contribution in [0.15, 0.2) is 36.5 Å². The van der Waals surface area contributed by atoms with Gasteiger partial charge in [-0.15, -0.1) is 0 Å². The van der Waals surface area contributed by atoms with Crippen LogP contribution in [-0.4, -0.2) is 21.6 Å². The zero-order chi connectivity index (χ0) is 14.3. The highest BCUT2D eigenvalue weighted by molar-refractivity contribution is 6.30. The Hall–Kier alpha value is -2.40. The Morgan fingerprint density at radius 1 is 1.30 bits per heavy atom. The van der Waals surface area contributed by atoms with Gasteiger partial charge in [0.25, 0.3) is 0 Å². The van der Waals surface area contributed by atoms with Crippen molar-refractivity contribution < 1.29 is 9.84 Å². The number of methoxy groups -OCH3 is 1. The second-order valence-electron chi connectivity index (χ2n) is 4.31. The van der Waals surface area contributed by atoms with Crippen LogP contribution in [0.1, 0.15) is 0 Å². The lowest BCUT2D eigenvalue weighted by atomic mass is 10.1. The summed E-state index contributed by atoms with van der Waals surface area (Å²) < 4.78 is 6.81. The fraction of sp³-hybridized carbons (Fsp3) is 0.0714. The lowest BCUT2D eigenvalue weighted by Crippen LogP contribution is -1.94. The number of aromatic hydroxyl groups is 1. The maximum Gasteiger partial charge on any atom is 0.161 e. The lowest BCUT2D eigenvalue weighted by Gasteiger charge is -2.05. The molecule has 0 spiro atoms. The molecular formula is C14H12ClN3O2. The second-order valence-corrected chi connectivity index (χ2v) is 4.74. The molecule has 0 aliphatic carbocycles. The van der Waals surface area contributed by atoms with Crippen LogP contribution in [0.2, 0.25) is 5.02 Å². The summed E-state index contributed by atoms with van der Waals surface area (Å²) in [6.07, 6.45) is 1.71. The number of benzene rings is 1. The molecule has 2 aromatic heterocycles. The number of imidazole rings is 1. The zero-order valence-electron chi connectivity index (χ0n) is 10.7. The summed E-state index contributed by atoms with van der Waals surface area (Å²) in [5, 5.41) is 10.2. The van der Waals surface area contributed by atoms with E-state index in [9.17, 15) is 5.11 Å². The molecule has 3 aromatic rings. The van der Waals surface area contributed by atoms with Crippen molar-refractivity contribution in [3.05, 3.63) is 41.6 Å². The number of pyridine rings is 1. The number of nitrogens with two attached hydrogens (primary N) is 1. The number of aromatic nitrogens is 2. The van der Waals surface area contributed by atoms with Gasteiger partial charge >= 0.3 is 0 Å². The summed E-state index contributed by atoms with van der Waals surface area (Å²) >= 11 is 5.96. The lowest BCUT2D eigenvalue weighted by molar-refractivity contribution is 0.373. The number of phenolic OH excluding ortho intramolecular Hbond substituents is 1. The van der Waals surface area contributed by atoms with Gasteiger partial charge in [0, 0.05) is 11.8 Å². The van der Waals surface area contributed by atoms with Gasteiger partial charge in [0.15, 0.2) is 11.5 Å². The van der Waals surface area contributed by atoms with Gasteiger partial charge in [0.1, 0.15) is 17.2 Å². The van der Waals surface area contributed by atoms with Gasteiger partial charge in [-0.05, 0) is 30.3 Å². The van der Waals surface area contributed by atoms with E-state index in [1.807, 2.05) is 0 Å². The standard InChI is InChI=1S/C14H12ClN3O2/c1-20-11-6-8(2-4-10(11)19)13-14(16)18-7-9(15)3-5-12(18)17-13/h2-7,19H,16H2,1H3. The molecule has 3 rings (SSSR count). The van der Waals surface area contributed by atoms with E-state index in [1.54, 1.807) is 40.9 Å². The Balaban J connectivity index is 2.21. The minimum atomic E-state index is 0.0710. The predicted octanol–water partition coefficient (Wildman–Crippen LogP) is 2.95. The van der Waals surface area contributed by atoms with E-state index in [1.165, 1.54) is 7.11 Å². The quantitative estimate of drug-likeness (QED) is 0.761. The maximum atomic E-state index is 9.63. The molecule has 0 radical (unpaired) electrons. The molecule has 1 aromatic carbocycles. The molecule has 2 heterocycles. The minimum absolute atomic E-state index is 0.0710. The highest BCUT2D eigenvalue weighted by atomic mass is 35.5. The number of nitrogen functional groups attached to an aromatic ring is 1. The van der Waals surface area contributed by atoms with Crippen LogP contribution in [0.4, 0.5) is 5.82 Å². The van der Waals surface area contributed by atoms with Crippen LogP contribution >= 0.6 is 11.6 Å². The highest BCUT2D eigenvalue weighted by Gasteiger charge is 2.13. The molecule has 0 amide bonds. The third-order valence-corrected chi connectivity index (χ3v) is 3.30. The van der Waals surface area contributed by atoms with Crippen LogP contribution in [0.3, 0.4) is 0 Å². The van der Waals surface area contributed by atoms with Crippen molar-refractivity contribution in [2.45, 2.75) is 0 Å². The third-order valence-electron chi connectivity index (χ3n) is 3.07. The Morgan fingerprint density at radius 3 is 2.85 bits per heavy atom. The SMILES string of the molecule is COc1cc(-c2nc3ccc(Cl)cn3c2N)ccc1O. The maximum absolute atomic E-state index is 9.63. The number of rotatable bonds is 2. The molecular weight excluding hydrogens is 278 g/mol. The number of phenols is 1. The first-order valence-electron chi connectivity index (χ1n) is 5.90. The van der Waals surface area contributed by atoms with E-state index < -0.39 is 0 Å². The Labute approximate surface area is 120 Å². The number of hydrogen-bond donors (Lipinski definition) is 2. The fourth-order valence-electron chi connectivity index (χ4n) is 2.07. The summed E-state index contributed by atoms with van der Waals surface area (Å²) in [6.45, 7) is 0. The summed E-state index contributed by atoms with van der Waals surface area (Å²) in [5.41, 5.74) is 8.19. The molecule has 3 N–H and O–H groups in total. The largest absolute Gasteiger partial charge is 0.504 e. The Bertz CT molecular complexity index is 798. The van der Waals surface area contributed by atoms with Crippen molar-refractivity contribution in [1.29, 1.82) is 0 Å². The summed E-state index contributed by atoms with van der Waals surface area (Å²) in [5.74, 6) is 0.925. The Morgan fingerprint density at radius 2 is 2.10 bits per heavy atom. The van der Waals surface area contributed by atoms with Crippen molar-refractivity contribution in [3.8, 4) is 22.8 Å². The fourth-order valence-corrected chi connectivity index (χ4v) is 2.23. The van der Waals surface area contributed by atoms with Crippen LogP contribution in [0.25, 0.3) is 16.9 Å². The predicted molar refractivity (Wildman–Crippen MR) is 78.3 cm³/mol. The monoisotopic (exact) mass is 289 g/mol. The molecule has 0 aliphatic heterocycles. The molecule has 0 saturated heterocycles. The van der Waals surface area contributed by atoms with Gasteiger partial charge in [-0.25, -0.2) is 4.98 Å². The molecule has 20 heavy (non-hydrogen) atoms. The van der Waals surface area contributed by atoms with E-state index in [0.717, 1.165) is 5.56 Å². The molecule has 0 unspecified atom stereocenters. The number of halogens is 1. The summed E-state index contributed by atoms with van der Waals surface area (Å²) in [4.78, 5) is 4.47. The molecule has 0 fully saturated rings. The first-order chi connectivity index (χ1) is 9.60. The average molecular weight is 290 g/mol. The van der Waals surface area contributed by atoms with Crippen LogP contribution < -0.4 is 10.5 Å². The van der Waals surface area contributed by atoms with E-state index in [2.05, 4.69) is 4.98 Å². The smallest absolute Gasteiger partial charge is 0.161 e. The number of fused-ring (bicyclic) bond motifs is 1. The van der Waals surface area contributed by atoms with Gasteiger partial charge in [-0.1, -0.05) is 11.6 Å². The third kappa shape index (κ3) is 1.92. The molecule has 0 aliphatic rings. The van der Waals surface area contributed by atoms with Gasteiger partial charge in [-0.2, -0.15) is 0 Å². The van der Waals surface area contributed by atoms with Crippen molar-refractivity contribution in [2.24, 2.45) is 0 Å². The molecule has 6 heteroatoms. The van der Waals surface area contributed by atoms with Crippen LogP contribution in [-0.2, 0) is 0 Å². The number of ether oxygens (including phenoxy) is 1. The highest BCUT2D eigenvalue weighted by Crippen LogP contribution is 2.34. The van der Waals surface area contributed by atoms with E-state index in [0.29, 0.717) is 27.9 Å². The topological polar surface area (TPSA) is 72.8 Å². The minimum Gasteiger partial charge on any atom is -0.504 e. The van der Waals surface area contributed by atoms with E-state index >= 15 is 0 Å². The second kappa shape index (κ2) is 4.61. The van der Waals surface area contributed by atoms with Gasteiger partial charge in [-0.3, -0.25) is 4.40 Å². The molecule has 0 bridgehead atoms. The van der Waals surface area contributed by atoms with Crippen molar-refractivity contribution in [1.82, 2.24) is 9.38 Å². The molecule has 102 valence electrons. The van der Waals surface area contributed by atoms with Crippen molar-refractivity contribution >= 4 is 23.1 Å². The first-order valence-corrected chi connectivity index (χ1v) is 6.28. The van der Waals surface area contributed by atoms with Crippen LogP contribution in [0, 0.1) is 0 Å². The van der Waals surface area contributed by atoms with E-state index in [-0.39, 0.29) is 5.75 Å². The van der Waals surface area contributed by atoms with Crippen molar-refractivity contribution in [3.63, 3.8) is 0 Å².